The van der Waals surface area contributed by atoms with Gasteiger partial charge in [0.05, 0.1) is 11.3 Å². The number of Topliss-reactive ketones (excluding diaryl/α,β-unsaturated/α-hetero) is 1. The molecule has 0 aromatic carbocycles. The van der Waals surface area contributed by atoms with Crippen LogP contribution in [0.15, 0.2) is 21.1 Å². The third-order valence-corrected chi connectivity index (χ3v) is 2.23. The van der Waals surface area contributed by atoms with Crippen molar-refractivity contribution in [1.29, 1.82) is 0 Å². The number of nitrogens with zero attached hydrogens (tertiary/aromatic N) is 1. The fraction of sp³-hybridized carbons (Fsp3) is 0.273. The fourth-order valence-electron chi connectivity index (χ4n) is 1.50. The monoisotopic (exact) mass is 205 g/mol. The van der Waals surface area contributed by atoms with Gasteiger partial charge in [-0.2, -0.15) is 0 Å². The van der Waals surface area contributed by atoms with Crippen LogP contribution >= 0.6 is 0 Å². The average Bonchev–Trinajstić information content (AvgIpc) is 2.73. The number of carbonyl (C=O) groups is 1. The lowest BCUT2D eigenvalue weighted by Crippen LogP contribution is -1.86. The van der Waals surface area contributed by atoms with Gasteiger partial charge in [0.15, 0.2) is 11.5 Å². The maximum absolute atomic E-state index is 11.1. The van der Waals surface area contributed by atoms with Crippen molar-refractivity contribution >= 4 is 5.78 Å². The summed E-state index contributed by atoms with van der Waals surface area (Å²) >= 11 is 0. The Morgan fingerprint density at radius 1 is 1.33 bits per heavy atom. The van der Waals surface area contributed by atoms with Crippen LogP contribution in [-0.4, -0.2) is 10.9 Å². The molecular formula is C11H11NO3. The van der Waals surface area contributed by atoms with Crippen molar-refractivity contribution in [1.82, 2.24) is 5.16 Å². The highest BCUT2D eigenvalue weighted by atomic mass is 16.5. The quantitative estimate of drug-likeness (QED) is 0.707. The number of hydrogen-bond acceptors (Lipinski definition) is 4. The van der Waals surface area contributed by atoms with Crippen molar-refractivity contribution in [3.63, 3.8) is 0 Å². The van der Waals surface area contributed by atoms with Crippen LogP contribution in [0.5, 0.6) is 0 Å². The summed E-state index contributed by atoms with van der Waals surface area (Å²) in [5, 5.41) is 3.83. The van der Waals surface area contributed by atoms with Crippen LogP contribution < -0.4 is 0 Å². The van der Waals surface area contributed by atoms with Gasteiger partial charge < -0.3 is 8.94 Å². The first kappa shape index (κ1) is 9.71. The van der Waals surface area contributed by atoms with E-state index in [2.05, 4.69) is 5.16 Å². The van der Waals surface area contributed by atoms with Crippen molar-refractivity contribution < 1.29 is 13.7 Å². The number of aromatic nitrogens is 1. The molecule has 0 aliphatic carbocycles. The lowest BCUT2D eigenvalue weighted by atomic mass is 10.1. The topological polar surface area (TPSA) is 56.2 Å². The molecular weight excluding hydrogens is 194 g/mol. The summed E-state index contributed by atoms with van der Waals surface area (Å²) in [7, 11) is 0. The van der Waals surface area contributed by atoms with Gasteiger partial charge in [-0.15, -0.1) is 0 Å². The van der Waals surface area contributed by atoms with Crippen LogP contribution in [0.4, 0.5) is 0 Å². The van der Waals surface area contributed by atoms with Gasteiger partial charge in [-0.05, 0) is 26.0 Å². The van der Waals surface area contributed by atoms with E-state index in [1.54, 1.807) is 12.1 Å². The molecule has 0 aliphatic rings. The summed E-state index contributed by atoms with van der Waals surface area (Å²) < 4.78 is 10.4. The van der Waals surface area contributed by atoms with Crippen molar-refractivity contribution in [2.45, 2.75) is 20.8 Å². The summed E-state index contributed by atoms with van der Waals surface area (Å²) in [6.07, 6.45) is 0. The molecule has 0 N–H and O–H groups in total. The number of carbonyl (C=O) groups excluding carboxylic acids is 1. The Hall–Kier alpha value is -1.84. The predicted octanol–water partition coefficient (Wildman–Crippen LogP) is 2.75. The summed E-state index contributed by atoms with van der Waals surface area (Å²) in [6, 6.07) is 3.41. The predicted molar refractivity (Wildman–Crippen MR) is 53.7 cm³/mol. The second kappa shape index (κ2) is 3.38. The molecule has 0 aliphatic heterocycles. The van der Waals surface area contributed by atoms with Gasteiger partial charge in [0.25, 0.3) is 0 Å². The number of ketones is 1. The molecule has 0 saturated heterocycles. The standard InChI is InChI=1S/C11H11NO3/c1-6-11(8(3)15-12-6)10-5-4-9(14-10)7(2)13/h4-5H,1-3H3. The zero-order chi connectivity index (χ0) is 11.0. The van der Waals surface area contributed by atoms with Gasteiger partial charge >= 0.3 is 0 Å². The minimum atomic E-state index is -0.0898. The third kappa shape index (κ3) is 1.58. The van der Waals surface area contributed by atoms with Crippen molar-refractivity contribution in [2.24, 2.45) is 0 Å². The van der Waals surface area contributed by atoms with Gasteiger partial charge in [-0.25, -0.2) is 0 Å². The van der Waals surface area contributed by atoms with Crippen LogP contribution in [0, 0.1) is 13.8 Å². The molecule has 0 unspecified atom stereocenters. The Morgan fingerprint density at radius 2 is 2.07 bits per heavy atom. The SMILES string of the molecule is CC(=O)c1ccc(-c2c(C)noc2C)o1. The van der Waals surface area contributed by atoms with E-state index in [1.165, 1.54) is 6.92 Å². The van der Waals surface area contributed by atoms with E-state index in [1.807, 2.05) is 13.8 Å². The largest absolute Gasteiger partial charge is 0.453 e. The summed E-state index contributed by atoms with van der Waals surface area (Å²) in [6.45, 7) is 5.11. The molecule has 2 aromatic heterocycles. The highest BCUT2D eigenvalue weighted by Gasteiger charge is 2.16. The smallest absolute Gasteiger partial charge is 0.194 e. The molecule has 0 saturated carbocycles. The minimum absolute atomic E-state index is 0.0898. The van der Waals surface area contributed by atoms with Crippen LogP contribution in [0.2, 0.25) is 0 Å². The summed E-state index contributed by atoms with van der Waals surface area (Å²) in [5.41, 5.74) is 1.58. The highest BCUT2D eigenvalue weighted by molar-refractivity contribution is 5.91. The van der Waals surface area contributed by atoms with Gasteiger partial charge in [0, 0.05) is 6.92 Å². The number of aryl methyl sites for hydroxylation is 2. The molecule has 0 atom stereocenters. The Kier molecular flexibility index (Phi) is 2.19. The van der Waals surface area contributed by atoms with Gasteiger partial charge in [0.1, 0.15) is 11.5 Å². The maximum Gasteiger partial charge on any atom is 0.194 e. The molecule has 0 radical (unpaired) electrons. The Morgan fingerprint density at radius 3 is 2.53 bits per heavy atom. The normalized spacial score (nSPS) is 10.6. The summed E-state index contributed by atoms with van der Waals surface area (Å²) in [4.78, 5) is 11.1. The lowest BCUT2D eigenvalue weighted by molar-refractivity contribution is 0.0988. The second-order valence-electron chi connectivity index (χ2n) is 3.42. The van der Waals surface area contributed by atoms with E-state index < -0.39 is 0 Å². The maximum atomic E-state index is 11.1. The molecule has 15 heavy (non-hydrogen) atoms. The highest BCUT2D eigenvalue weighted by Crippen LogP contribution is 2.28. The molecule has 4 nitrogen and oxygen atoms in total. The fourth-order valence-corrected chi connectivity index (χ4v) is 1.50. The first-order valence-electron chi connectivity index (χ1n) is 4.63. The van der Waals surface area contributed by atoms with E-state index >= 15 is 0 Å². The van der Waals surface area contributed by atoms with Crippen LogP contribution in [-0.2, 0) is 0 Å². The molecule has 0 fully saturated rings. The van der Waals surface area contributed by atoms with Crippen LogP contribution in [0.25, 0.3) is 11.3 Å². The number of furan rings is 1. The zero-order valence-corrected chi connectivity index (χ0v) is 8.83. The van der Waals surface area contributed by atoms with E-state index in [4.69, 9.17) is 8.94 Å². The lowest BCUT2D eigenvalue weighted by Gasteiger charge is -1.93. The molecule has 2 rings (SSSR count). The molecule has 0 spiro atoms. The Labute approximate surface area is 86.9 Å². The molecule has 4 heteroatoms. The number of rotatable bonds is 2. The first-order chi connectivity index (χ1) is 7.09. The molecule has 0 amide bonds. The Bertz CT molecular complexity index is 488. The van der Waals surface area contributed by atoms with Crippen molar-refractivity contribution in [2.75, 3.05) is 0 Å². The van der Waals surface area contributed by atoms with Gasteiger partial charge in [-0.1, -0.05) is 5.16 Å². The van der Waals surface area contributed by atoms with E-state index in [9.17, 15) is 4.79 Å². The molecule has 2 aromatic rings. The second-order valence-corrected chi connectivity index (χ2v) is 3.42. The van der Waals surface area contributed by atoms with Crippen molar-refractivity contribution in [3.05, 3.63) is 29.3 Å². The van der Waals surface area contributed by atoms with E-state index in [0.717, 1.165) is 11.3 Å². The zero-order valence-electron chi connectivity index (χ0n) is 8.83. The Balaban J connectivity index is 2.50. The molecule has 0 bridgehead atoms. The third-order valence-electron chi connectivity index (χ3n) is 2.23. The van der Waals surface area contributed by atoms with Crippen LogP contribution in [0.1, 0.15) is 28.9 Å². The van der Waals surface area contributed by atoms with E-state index in [-0.39, 0.29) is 5.78 Å². The van der Waals surface area contributed by atoms with Crippen LogP contribution in [0.3, 0.4) is 0 Å². The molecule has 2 heterocycles. The first-order valence-corrected chi connectivity index (χ1v) is 4.63. The summed E-state index contributed by atoms with van der Waals surface area (Å²) in [5.74, 6) is 1.58. The van der Waals surface area contributed by atoms with Gasteiger partial charge in [0.2, 0.25) is 0 Å². The molecule has 78 valence electrons. The van der Waals surface area contributed by atoms with Crippen molar-refractivity contribution in [3.8, 4) is 11.3 Å². The van der Waals surface area contributed by atoms with E-state index in [0.29, 0.717) is 17.3 Å². The number of hydrogen-bond donors (Lipinski definition) is 0. The average molecular weight is 205 g/mol. The minimum Gasteiger partial charge on any atom is -0.453 e. The van der Waals surface area contributed by atoms with Gasteiger partial charge in [-0.3, -0.25) is 4.79 Å².